The number of ether oxygens (including phenoxy) is 1. The molecule has 2 aromatic carbocycles. The molecule has 9 heteroatoms. The number of aryl methyl sites for hydroxylation is 2. The summed E-state index contributed by atoms with van der Waals surface area (Å²) in [6.07, 6.45) is 1.77. The molecule has 178 valence electrons. The van der Waals surface area contributed by atoms with Crippen molar-refractivity contribution in [1.29, 1.82) is 0 Å². The van der Waals surface area contributed by atoms with E-state index in [0.717, 1.165) is 35.7 Å². The molecule has 2 atom stereocenters. The minimum atomic E-state index is -0.659. The van der Waals surface area contributed by atoms with E-state index in [1.54, 1.807) is 35.8 Å². The predicted octanol–water partition coefficient (Wildman–Crippen LogP) is 4.02. The molecule has 1 aliphatic heterocycles. The first kappa shape index (κ1) is 24.0. The summed E-state index contributed by atoms with van der Waals surface area (Å²) in [7, 11) is 0. The second kappa shape index (κ2) is 10.4. The van der Waals surface area contributed by atoms with Gasteiger partial charge >= 0.3 is 6.03 Å². The summed E-state index contributed by atoms with van der Waals surface area (Å²) in [4.78, 5) is 43.0. The number of nitrogens with one attached hydrogen (secondary N) is 2. The standard InChI is InChI=1S/C25H28N4O4S/c1-15-10-11-20(16(2)13-15)26-24(32)28-22(30)17(3)34-25-27-21-9-5-4-8-19(21)23(31)29(25)14-18-7-6-12-33-18/h4-5,8-11,13,17-18H,6-7,12,14H2,1-3H3,(H2,26,28,30,32). The zero-order chi connectivity index (χ0) is 24.2. The third-order valence-corrected chi connectivity index (χ3v) is 6.85. The average Bonchev–Trinajstić information content (AvgIpc) is 3.31. The van der Waals surface area contributed by atoms with Gasteiger partial charge in [0.25, 0.3) is 5.56 Å². The fourth-order valence-corrected chi connectivity index (χ4v) is 4.84. The van der Waals surface area contributed by atoms with E-state index in [4.69, 9.17) is 4.74 Å². The molecule has 2 unspecified atom stereocenters. The van der Waals surface area contributed by atoms with Crippen molar-refractivity contribution in [1.82, 2.24) is 14.9 Å². The highest BCUT2D eigenvalue weighted by molar-refractivity contribution is 8.00. The van der Waals surface area contributed by atoms with Crippen molar-refractivity contribution in [3.8, 4) is 0 Å². The monoisotopic (exact) mass is 480 g/mol. The molecule has 0 saturated carbocycles. The van der Waals surface area contributed by atoms with Crippen molar-refractivity contribution in [2.45, 2.75) is 56.7 Å². The van der Waals surface area contributed by atoms with Gasteiger partial charge in [-0.15, -0.1) is 0 Å². The summed E-state index contributed by atoms with van der Waals surface area (Å²) in [6, 6.07) is 12.2. The van der Waals surface area contributed by atoms with Gasteiger partial charge in [-0.05, 0) is 57.4 Å². The molecule has 2 heterocycles. The van der Waals surface area contributed by atoms with Crippen molar-refractivity contribution in [3.05, 3.63) is 63.9 Å². The second-order valence-electron chi connectivity index (χ2n) is 8.48. The number of aromatic nitrogens is 2. The van der Waals surface area contributed by atoms with Crippen LogP contribution in [0.3, 0.4) is 0 Å². The summed E-state index contributed by atoms with van der Waals surface area (Å²) in [5, 5.41) is 5.39. The Balaban J connectivity index is 1.50. The number of rotatable bonds is 6. The molecule has 2 N–H and O–H groups in total. The van der Waals surface area contributed by atoms with Crippen molar-refractivity contribution in [2.24, 2.45) is 0 Å². The fraction of sp³-hybridized carbons (Fsp3) is 0.360. The number of nitrogens with zero attached hydrogens (tertiary/aromatic N) is 2. The van der Waals surface area contributed by atoms with E-state index < -0.39 is 17.2 Å². The molecule has 3 aromatic rings. The molecule has 1 aromatic heterocycles. The number of benzene rings is 2. The molecule has 0 bridgehead atoms. The van der Waals surface area contributed by atoms with Crippen LogP contribution in [0.25, 0.3) is 10.9 Å². The van der Waals surface area contributed by atoms with E-state index in [0.29, 0.717) is 34.9 Å². The van der Waals surface area contributed by atoms with Crippen molar-refractivity contribution in [3.63, 3.8) is 0 Å². The van der Waals surface area contributed by atoms with Gasteiger partial charge < -0.3 is 10.1 Å². The number of carbonyl (C=O) groups excluding carboxylic acids is 2. The van der Waals surface area contributed by atoms with E-state index in [2.05, 4.69) is 15.6 Å². The largest absolute Gasteiger partial charge is 0.376 e. The minimum Gasteiger partial charge on any atom is -0.376 e. The molecular weight excluding hydrogens is 452 g/mol. The van der Waals surface area contributed by atoms with Gasteiger partial charge in [0.05, 0.1) is 28.8 Å². The topological polar surface area (TPSA) is 102 Å². The van der Waals surface area contributed by atoms with Crippen LogP contribution >= 0.6 is 11.8 Å². The van der Waals surface area contributed by atoms with Crippen LogP contribution in [0.15, 0.2) is 52.4 Å². The third-order valence-electron chi connectivity index (χ3n) is 5.76. The van der Waals surface area contributed by atoms with E-state index in [9.17, 15) is 14.4 Å². The summed E-state index contributed by atoms with van der Waals surface area (Å²) < 4.78 is 7.31. The number of anilines is 1. The van der Waals surface area contributed by atoms with E-state index in [1.165, 1.54) is 0 Å². The van der Waals surface area contributed by atoms with Crippen LogP contribution in [0.1, 0.15) is 30.9 Å². The van der Waals surface area contributed by atoms with Gasteiger partial charge in [-0.2, -0.15) is 0 Å². The maximum Gasteiger partial charge on any atom is 0.325 e. The predicted molar refractivity (Wildman–Crippen MR) is 133 cm³/mol. The zero-order valence-corrected chi connectivity index (χ0v) is 20.3. The van der Waals surface area contributed by atoms with Crippen LogP contribution in [0.4, 0.5) is 10.5 Å². The summed E-state index contributed by atoms with van der Waals surface area (Å²) >= 11 is 1.15. The van der Waals surface area contributed by atoms with Gasteiger partial charge in [-0.1, -0.05) is 41.6 Å². The van der Waals surface area contributed by atoms with Crippen LogP contribution < -0.4 is 16.2 Å². The van der Waals surface area contributed by atoms with Gasteiger partial charge in [0.15, 0.2) is 5.16 Å². The highest BCUT2D eigenvalue weighted by atomic mass is 32.2. The highest BCUT2D eigenvalue weighted by Crippen LogP contribution is 2.24. The lowest BCUT2D eigenvalue weighted by Gasteiger charge is -2.18. The molecule has 0 radical (unpaired) electrons. The number of para-hydroxylation sites is 1. The SMILES string of the molecule is Cc1ccc(NC(=O)NC(=O)C(C)Sc2nc3ccccc3c(=O)n2CC2CCCO2)c(C)c1. The quantitative estimate of drug-likeness (QED) is 0.408. The van der Waals surface area contributed by atoms with Crippen LogP contribution in [-0.2, 0) is 16.1 Å². The molecule has 8 nitrogen and oxygen atoms in total. The summed E-state index contributed by atoms with van der Waals surface area (Å²) in [5.41, 5.74) is 3.03. The van der Waals surface area contributed by atoms with Gasteiger partial charge in [-0.3, -0.25) is 19.5 Å². The maximum absolute atomic E-state index is 13.2. The Labute approximate surface area is 202 Å². The average molecular weight is 481 g/mol. The number of urea groups is 1. The molecule has 1 fully saturated rings. The number of imide groups is 1. The number of hydrogen-bond donors (Lipinski definition) is 2. The first-order chi connectivity index (χ1) is 16.3. The normalized spacial score (nSPS) is 16.4. The fourth-order valence-electron chi connectivity index (χ4n) is 3.92. The molecule has 3 amide bonds. The lowest BCUT2D eigenvalue weighted by Crippen LogP contribution is -2.39. The number of fused-ring (bicyclic) bond motifs is 1. The number of amides is 3. The lowest BCUT2D eigenvalue weighted by atomic mass is 10.1. The van der Waals surface area contributed by atoms with Gasteiger partial charge in [0.1, 0.15) is 0 Å². The first-order valence-corrected chi connectivity index (χ1v) is 12.2. The van der Waals surface area contributed by atoms with Gasteiger partial charge in [0.2, 0.25) is 5.91 Å². The van der Waals surface area contributed by atoms with E-state index in [1.807, 2.05) is 32.0 Å². The number of hydrogen-bond acceptors (Lipinski definition) is 6. The van der Waals surface area contributed by atoms with E-state index >= 15 is 0 Å². The van der Waals surface area contributed by atoms with Crippen molar-refractivity contribution in [2.75, 3.05) is 11.9 Å². The Morgan fingerprint density at radius 3 is 2.76 bits per heavy atom. The molecule has 34 heavy (non-hydrogen) atoms. The smallest absolute Gasteiger partial charge is 0.325 e. The molecule has 1 saturated heterocycles. The van der Waals surface area contributed by atoms with Crippen molar-refractivity contribution >= 4 is 40.3 Å². The number of thioether (sulfide) groups is 1. The van der Waals surface area contributed by atoms with Crippen molar-refractivity contribution < 1.29 is 14.3 Å². The Bertz CT molecular complexity index is 1280. The molecule has 1 aliphatic rings. The molecule has 0 spiro atoms. The van der Waals surface area contributed by atoms with Crippen LogP contribution in [-0.4, -0.2) is 39.5 Å². The first-order valence-electron chi connectivity index (χ1n) is 11.3. The minimum absolute atomic E-state index is 0.0623. The highest BCUT2D eigenvalue weighted by Gasteiger charge is 2.24. The van der Waals surface area contributed by atoms with Crippen LogP contribution in [0.2, 0.25) is 0 Å². The van der Waals surface area contributed by atoms with Gasteiger partial charge in [0, 0.05) is 12.3 Å². The van der Waals surface area contributed by atoms with E-state index in [-0.39, 0.29) is 11.7 Å². The second-order valence-corrected chi connectivity index (χ2v) is 9.79. The Hall–Kier alpha value is -3.17. The lowest BCUT2D eigenvalue weighted by molar-refractivity contribution is -0.119. The number of carbonyl (C=O) groups is 2. The third kappa shape index (κ3) is 5.48. The molecule has 0 aliphatic carbocycles. The summed E-state index contributed by atoms with van der Waals surface area (Å²) in [6.45, 7) is 6.60. The Kier molecular flexibility index (Phi) is 7.33. The molecular formula is C25H28N4O4S. The Morgan fingerprint density at radius 1 is 1.24 bits per heavy atom. The summed E-state index contributed by atoms with van der Waals surface area (Å²) in [5.74, 6) is -0.474. The van der Waals surface area contributed by atoms with Gasteiger partial charge in [-0.25, -0.2) is 9.78 Å². The molecule has 4 rings (SSSR count). The zero-order valence-electron chi connectivity index (χ0n) is 19.5. The van der Waals surface area contributed by atoms with Crippen LogP contribution in [0, 0.1) is 13.8 Å². The Morgan fingerprint density at radius 2 is 2.03 bits per heavy atom. The maximum atomic E-state index is 13.2. The van der Waals surface area contributed by atoms with Crippen LogP contribution in [0.5, 0.6) is 0 Å².